The van der Waals surface area contributed by atoms with Gasteiger partial charge in [-0.1, -0.05) is 0 Å². The number of carboxylic acids is 2. The first-order chi connectivity index (χ1) is 10.3. The predicted octanol–water partition coefficient (Wildman–Crippen LogP) is 1.22. The summed E-state index contributed by atoms with van der Waals surface area (Å²) in [4.78, 5) is 46.9. The molecule has 1 aromatic carbocycles. The maximum Gasteiger partial charge on any atom is 0.335 e. The van der Waals surface area contributed by atoms with Crippen LogP contribution in [-0.2, 0) is 14.4 Å². The monoisotopic (exact) mass is 323 g/mol. The van der Waals surface area contributed by atoms with Crippen molar-refractivity contribution >= 4 is 41.2 Å². The van der Waals surface area contributed by atoms with E-state index in [0.29, 0.717) is 0 Å². The average molecular weight is 323 g/mol. The predicted molar refractivity (Wildman–Crippen MR) is 79.0 cm³/mol. The van der Waals surface area contributed by atoms with Crippen LogP contribution in [-0.4, -0.2) is 44.5 Å². The van der Waals surface area contributed by atoms with Crippen molar-refractivity contribution in [2.45, 2.75) is 23.8 Å². The molecule has 2 amide bonds. The third-order valence-corrected chi connectivity index (χ3v) is 4.50. The highest BCUT2D eigenvalue weighted by Crippen LogP contribution is 2.32. The van der Waals surface area contributed by atoms with Gasteiger partial charge in [-0.05, 0) is 31.2 Å². The highest BCUT2D eigenvalue weighted by Gasteiger charge is 2.41. The number of benzene rings is 1. The molecular weight excluding hydrogens is 310 g/mol. The molecule has 8 heteroatoms. The number of nitrogens with zero attached hydrogens (tertiary/aromatic N) is 1. The van der Waals surface area contributed by atoms with Gasteiger partial charge < -0.3 is 10.2 Å². The lowest BCUT2D eigenvalue weighted by Crippen LogP contribution is -2.32. The van der Waals surface area contributed by atoms with Crippen molar-refractivity contribution in [2.24, 2.45) is 0 Å². The van der Waals surface area contributed by atoms with Crippen molar-refractivity contribution in [3.05, 3.63) is 29.8 Å². The fourth-order valence-corrected chi connectivity index (χ4v) is 3.11. The molecule has 2 rings (SSSR count). The number of hydrogen-bond donors (Lipinski definition) is 2. The van der Waals surface area contributed by atoms with Crippen molar-refractivity contribution < 1.29 is 29.4 Å². The van der Waals surface area contributed by atoms with E-state index < -0.39 is 34.3 Å². The molecule has 2 atom stereocenters. The Hall–Kier alpha value is -2.35. The summed E-state index contributed by atoms with van der Waals surface area (Å²) in [5, 5.41) is 16.2. The van der Waals surface area contributed by atoms with Gasteiger partial charge in [-0.2, -0.15) is 0 Å². The van der Waals surface area contributed by atoms with Crippen LogP contribution in [0, 0.1) is 0 Å². The Morgan fingerprint density at radius 1 is 1.23 bits per heavy atom. The molecule has 2 unspecified atom stereocenters. The van der Waals surface area contributed by atoms with Crippen LogP contribution in [0.5, 0.6) is 0 Å². The van der Waals surface area contributed by atoms with Crippen molar-refractivity contribution in [2.75, 3.05) is 4.90 Å². The maximum atomic E-state index is 12.3. The lowest BCUT2D eigenvalue weighted by Gasteiger charge is -2.15. The minimum Gasteiger partial charge on any atom is -0.480 e. The number of aliphatic carboxylic acids is 1. The zero-order chi connectivity index (χ0) is 16.4. The van der Waals surface area contributed by atoms with Crippen LogP contribution in [0.25, 0.3) is 0 Å². The summed E-state index contributed by atoms with van der Waals surface area (Å²) in [5.74, 6) is -3.06. The second-order valence-electron chi connectivity index (χ2n) is 4.73. The van der Waals surface area contributed by atoms with E-state index >= 15 is 0 Å². The number of carbonyl (C=O) groups excluding carboxylic acids is 2. The number of imide groups is 1. The summed E-state index contributed by atoms with van der Waals surface area (Å²) in [7, 11) is 0. The normalized spacial score (nSPS) is 19.3. The second-order valence-corrected chi connectivity index (χ2v) is 6.28. The fourth-order valence-electron chi connectivity index (χ4n) is 2.04. The Morgan fingerprint density at radius 3 is 2.32 bits per heavy atom. The molecule has 0 saturated carbocycles. The number of amides is 2. The van der Waals surface area contributed by atoms with Crippen molar-refractivity contribution in [3.8, 4) is 0 Å². The molecule has 0 aromatic heterocycles. The summed E-state index contributed by atoms with van der Waals surface area (Å²) in [6, 6.07) is 5.37. The quantitative estimate of drug-likeness (QED) is 0.783. The summed E-state index contributed by atoms with van der Waals surface area (Å²) < 4.78 is 0. The molecule has 1 heterocycles. The molecule has 0 bridgehead atoms. The first-order valence-electron chi connectivity index (χ1n) is 6.39. The van der Waals surface area contributed by atoms with E-state index in [4.69, 9.17) is 10.2 Å². The third-order valence-electron chi connectivity index (χ3n) is 3.19. The standard InChI is InChI=1S/C14H13NO6S/c1-7(13(18)19)22-10-6-11(16)15(12(10)17)9-4-2-8(3-5-9)14(20)21/h2-5,7,10H,6H2,1H3,(H,18,19)(H,20,21). The molecule has 7 nitrogen and oxygen atoms in total. The van der Waals surface area contributed by atoms with Crippen LogP contribution in [0.3, 0.4) is 0 Å². The summed E-state index contributed by atoms with van der Waals surface area (Å²) in [6.45, 7) is 1.45. The number of aromatic carboxylic acids is 1. The number of hydrogen-bond acceptors (Lipinski definition) is 5. The zero-order valence-corrected chi connectivity index (χ0v) is 12.4. The van der Waals surface area contributed by atoms with E-state index in [1.165, 1.54) is 31.2 Å². The Labute approximate surface area is 129 Å². The van der Waals surface area contributed by atoms with Gasteiger partial charge in [-0.3, -0.25) is 14.4 Å². The minimum absolute atomic E-state index is 0.0493. The van der Waals surface area contributed by atoms with Gasteiger partial charge in [0.15, 0.2) is 0 Å². The Morgan fingerprint density at radius 2 is 1.82 bits per heavy atom. The number of carboxylic acid groups (broad SMARTS) is 2. The zero-order valence-electron chi connectivity index (χ0n) is 11.6. The van der Waals surface area contributed by atoms with Gasteiger partial charge in [0.05, 0.1) is 16.5 Å². The Kier molecular flexibility index (Phi) is 4.51. The molecule has 1 aliphatic heterocycles. The molecular formula is C14H13NO6S. The largest absolute Gasteiger partial charge is 0.480 e. The van der Waals surface area contributed by atoms with E-state index in [1.54, 1.807) is 0 Å². The smallest absolute Gasteiger partial charge is 0.335 e. The van der Waals surface area contributed by atoms with E-state index in [2.05, 4.69) is 0 Å². The van der Waals surface area contributed by atoms with Gasteiger partial charge in [0.1, 0.15) is 5.25 Å². The molecule has 116 valence electrons. The topological polar surface area (TPSA) is 112 Å². The first kappa shape index (κ1) is 16.0. The number of thioether (sulfide) groups is 1. The molecule has 1 aliphatic rings. The van der Waals surface area contributed by atoms with Crippen LogP contribution in [0.1, 0.15) is 23.7 Å². The first-order valence-corrected chi connectivity index (χ1v) is 7.34. The van der Waals surface area contributed by atoms with E-state index in [0.717, 1.165) is 16.7 Å². The van der Waals surface area contributed by atoms with Crippen LogP contribution in [0.2, 0.25) is 0 Å². The van der Waals surface area contributed by atoms with Crippen LogP contribution in [0.4, 0.5) is 5.69 Å². The minimum atomic E-state index is -1.10. The number of anilines is 1. The Bertz CT molecular complexity index is 641. The van der Waals surface area contributed by atoms with Crippen molar-refractivity contribution in [3.63, 3.8) is 0 Å². The molecule has 22 heavy (non-hydrogen) atoms. The van der Waals surface area contributed by atoms with Gasteiger partial charge >= 0.3 is 11.9 Å². The lowest BCUT2D eigenvalue weighted by molar-refractivity contribution is -0.136. The van der Waals surface area contributed by atoms with Gasteiger partial charge in [-0.25, -0.2) is 9.69 Å². The molecule has 2 N–H and O–H groups in total. The molecule has 0 radical (unpaired) electrons. The van der Waals surface area contributed by atoms with Crippen molar-refractivity contribution in [1.82, 2.24) is 0 Å². The third kappa shape index (κ3) is 3.11. The SMILES string of the molecule is CC(SC1CC(=O)N(c2ccc(C(=O)O)cc2)C1=O)C(=O)O. The number of carbonyl (C=O) groups is 4. The summed E-state index contributed by atoms with van der Waals surface area (Å²) in [5.41, 5.74) is 0.333. The molecule has 1 aromatic rings. The van der Waals surface area contributed by atoms with Crippen LogP contribution < -0.4 is 4.90 Å². The molecule has 1 saturated heterocycles. The average Bonchev–Trinajstić information content (AvgIpc) is 2.73. The summed E-state index contributed by atoms with van der Waals surface area (Å²) in [6.07, 6.45) is -0.0677. The highest BCUT2D eigenvalue weighted by atomic mass is 32.2. The van der Waals surface area contributed by atoms with Gasteiger partial charge in [0.25, 0.3) is 0 Å². The maximum absolute atomic E-state index is 12.3. The van der Waals surface area contributed by atoms with Gasteiger partial charge in [0.2, 0.25) is 11.8 Å². The lowest BCUT2D eigenvalue weighted by atomic mass is 10.2. The number of rotatable bonds is 5. The van der Waals surface area contributed by atoms with E-state index in [1.807, 2.05) is 0 Å². The van der Waals surface area contributed by atoms with Gasteiger partial charge in [0, 0.05) is 6.42 Å². The Balaban J connectivity index is 2.18. The van der Waals surface area contributed by atoms with Crippen LogP contribution in [0.15, 0.2) is 24.3 Å². The highest BCUT2D eigenvalue weighted by molar-refractivity contribution is 8.01. The van der Waals surface area contributed by atoms with E-state index in [9.17, 15) is 19.2 Å². The summed E-state index contributed by atoms with van der Waals surface area (Å²) >= 11 is 0.928. The second kappa shape index (κ2) is 6.18. The molecule has 1 fully saturated rings. The van der Waals surface area contributed by atoms with Crippen LogP contribution >= 0.6 is 11.8 Å². The van der Waals surface area contributed by atoms with Crippen molar-refractivity contribution in [1.29, 1.82) is 0 Å². The van der Waals surface area contributed by atoms with Gasteiger partial charge in [-0.15, -0.1) is 11.8 Å². The molecule has 0 aliphatic carbocycles. The fraction of sp³-hybridized carbons (Fsp3) is 0.286. The van der Waals surface area contributed by atoms with E-state index in [-0.39, 0.29) is 17.7 Å². The molecule has 0 spiro atoms.